The lowest BCUT2D eigenvalue weighted by atomic mass is 10.1. The predicted molar refractivity (Wildman–Crippen MR) is 98.5 cm³/mol. The van der Waals surface area contributed by atoms with Crippen molar-refractivity contribution < 1.29 is 19.1 Å². The Hall–Kier alpha value is -3.02. The number of methoxy groups -OCH3 is 2. The molecule has 6 nitrogen and oxygen atoms in total. The first-order valence-electron chi connectivity index (χ1n) is 8.41. The number of fused-ring (bicyclic) bond motifs is 1. The van der Waals surface area contributed by atoms with Crippen LogP contribution < -0.4 is 19.7 Å². The molecule has 3 rings (SSSR count). The Morgan fingerprint density at radius 2 is 1.92 bits per heavy atom. The fourth-order valence-electron chi connectivity index (χ4n) is 3.28. The van der Waals surface area contributed by atoms with Gasteiger partial charge in [0.1, 0.15) is 17.5 Å². The van der Waals surface area contributed by atoms with Crippen LogP contribution in [0.3, 0.4) is 0 Å². The number of ether oxygens (including phenoxy) is 2. The first-order valence-corrected chi connectivity index (χ1v) is 8.41. The normalized spacial score (nSPS) is 15.3. The van der Waals surface area contributed by atoms with Crippen molar-refractivity contribution in [3.8, 4) is 11.5 Å². The van der Waals surface area contributed by atoms with Crippen LogP contribution in [0.4, 0.5) is 5.69 Å². The highest BCUT2D eigenvalue weighted by atomic mass is 16.5. The fraction of sp³-hybridized carbons (Fsp3) is 0.300. The van der Waals surface area contributed by atoms with Gasteiger partial charge in [0.15, 0.2) is 0 Å². The third kappa shape index (κ3) is 3.35. The molecule has 1 atom stereocenters. The summed E-state index contributed by atoms with van der Waals surface area (Å²) in [6, 6.07) is 12.5. The lowest BCUT2D eigenvalue weighted by Gasteiger charge is -2.23. The largest absolute Gasteiger partial charge is 0.497 e. The molecule has 0 bridgehead atoms. The summed E-state index contributed by atoms with van der Waals surface area (Å²) in [7, 11) is 3.16. The van der Waals surface area contributed by atoms with Gasteiger partial charge < -0.3 is 14.8 Å². The Labute approximate surface area is 152 Å². The summed E-state index contributed by atoms with van der Waals surface area (Å²) in [5, 5.41) is 2.92. The van der Waals surface area contributed by atoms with Gasteiger partial charge in [0, 0.05) is 37.2 Å². The van der Waals surface area contributed by atoms with Crippen molar-refractivity contribution in [1.29, 1.82) is 0 Å². The molecule has 1 aliphatic rings. The Morgan fingerprint density at radius 3 is 2.62 bits per heavy atom. The minimum absolute atomic E-state index is 0.142. The third-order valence-corrected chi connectivity index (χ3v) is 4.57. The second kappa shape index (κ2) is 7.47. The summed E-state index contributed by atoms with van der Waals surface area (Å²) in [4.78, 5) is 26.4. The molecule has 1 heterocycles. The Balaban J connectivity index is 1.74. The van der Waals surface area contributed by atoms with E-state index in [0.717, 1.165) is 16.8 Å². The highest BCUT2D eigenvalue weighted by Crippen LogP contribution is 2.32. The van der Waals surface area contributed by atoms with Crippen molar-refractivity contribution in [1.82, 2.24) is 5.32 Å². The van der Waals surface area contributed by atoms with E-state index >= 15 is 0 Å². The topological polar surface area (TPSA) is 67.9 Å². The molecule has 26 heavy (non-hydrogen) atoms. The van der Waals surface area contributed by atoms with E-state index in [1.54, 1.807) is 25.2 Å². The Kier molecular flexibility index (Phi) is 5.11. The monoisotopic (exact) mass is 354 g/mol. The van der Waals surface area contributed by atoms with Crippen LogP contribution >= 0.6 is 0 Å². The first kappa shape index (κ1) is 17.8. The quantitative estimate of drug-likeness (QED) is 0.895. The zero-order chi connectivity index (χ0) is 18.7. The van der Waals surface area contributed by atoms with E-state index in [4.69, 9.17) is 9.47 Å². The zero-order valence-corrected chi connectivity index (χ0v) is 15.1. The van der Waals surface area contributed by atoms with Crippen molar-refractivity contribution in [2.75, 3.05) is 19.1 Å². The second-order valence-corrected chi connectivity index (χ2v) is 6.13. The Bertz CT molecular complexity index is 834. The van der Waals surface area contributed by atoms with Crippen molar-refractivity contribution in [3.63, 3.8) is 0 Å². The molecule has 2 aromatic carbocycles. The SMILES string of the molecule is COc1ccc(CNC(=O)C2Cc3ccccc3N2C(C)=O)c(OC)c1. The molecule has 0 saturated carbocycles. The van der Waals surface area contributed by atoms with Gasteiger partial charge >= 0.3 is 0 Å². The molecule has 0 fully saturated rings. The molecule has 6 heteroatoms. The number of amides is 2. The van der Waals surface area contributed by atoms with Crippen LogP contribution in [-0.4, -0.2) is 32.1 Å². The van der Waals surface area contributed by atoms with Crippen molar-refractivity contribution >= 4 is 17.5 Å². The number of carbonyl (C=O) groups excluding carboxylic acids is 2. The van der Waals surface area contributed by atoms with Gasteiger partial charge in [-0.1, -0.05) is 18.2 Å². The molecule has 0 radical (unpaired) electrons. The number of carbonyl (C=O) groups is 2. The molecule has 2 amide bonds. The van der Waals surface area contributed by atoms with E-state index < -0.39 is 6.04 Å². The first-order chi connectivity index (χ1) is 12.5. The lowest BCUT2D eigenvalue weighted by Crippen LogP contribution is -2.47. The van der Waals surface area contributed by atoms with Crippen molar-refractivity contribution in [2.24, 2.45) is 0 Å². The number of hydrogen-bond donors (Lipinski definition) is 1. The summed E-state index contributed by atoms with van der Waals surface area (Å²) in [5.74, 6) is 1.00. The maximum Gasteiger partial charge on any atom is 0.243 e. The molecule has 0 aliphatic carbocycles. The number of nitrogens with zero attached hydrogens (tertiary/aromatic N) is 1. The minimum atomic E-state index is -0.533. The van der Waals surface area contributed by atoms with Crippen molar-refractivity contribution in [3.05, 3.63) is 53.6 Å². The summed E-state index contributed by atoms with van der Waals surface area (Å²) < 4.78 is 10.5. The molecular weight excluding hydrogens is 332 g/mol. The van der Waals surface area contributed by atoms with E-state index in [1.807, 2.05) is 36.4 Å². The average Bonchev–Trinajstić information content (AvgIpc) is 3.05. The fourth-order valence-corrected chi connectivity index (χ4v) is 3.28. The van der Waals surface area contributed by atoms with E-state index in [2.05, 4.69) is 5.32 Å². The van der Waals surface area contributed by atoms with Gasteiger partial charge in [0.25, 0.3) is 0 Å². The minimum Gasteiger partial charge on any atom is -0.497 e. The van der Waals surface area contributed by atoms with Crippen LogP contribution in [0.1, 0.15) is 18.1 Å². The standard InChI is InChI=1S/C20H22N2O4/c1-13(23)22-17-7-5-4-6-14(17)10-18(22)20(24)21-12-15-8-9-16(25-2)11-19(15)26-3/h4-9,11,18H,10,12H2,1-3H3,(H,21,24). The van der Waals surface area contributed by atoms with Gasteiger partial charge in [0.2, 0.25) is 11.8 Å². The van der Waals surface area contributed by atoms with Crippen LogP contribution in [0.25, 0.3) is 0 Å². The van der Waals surface area contributed by atoms with E-state index in [-0.39, 0.29) is 11.8 Å². The molecule has 136 valence electrons. The van der Waals surface area contributed by atoms with Crippen molar-refractivity contribution in [2.45, 2.75) is 25.9 Å². The van der Waals surface area contributed by atoms with Gasteiger partial charge in [-0.15, -0.1) is 0 Å². The van der Waals surface area contributed by atoms with Gasteiger partial charge in [-0.2, -0.15) is 0 Å². The molecule has 1 unspecified atom stereocenters. The van der Waals surface area contributed by atoms with Gasteiger partial charge in [-0.25, -0.2) is 0 Å². The van der Waals surface area contributed by atoms with Gasteiger partial charge in [-0.3, -0.25) is 14.5 Å². The molecule has 0 saturated heterocycles. The van der Waals surface area contributed by atoms with Crippen LogP contribution in [0.5, 0.6) is 11.5 Å². The average molecular weight is 354 g/mol. The highest BCUT2D eigenvalue weighted by Gasteiger charge is 2.36. The summed E-state index contributed by atoms with van der Waals surface area (Å²) in [5.41, 5.74) is 2.65. The maximum absolute atomic E-state index is 12.8. The van der Waals surface area contributed by atoms with Gasteiger partial charge in [0.05, 0.1) is 14.2 Å². The lowest BCUT2D eigenvalue weighted by molar-refractivity contribution is -0.125. The van der Waals surface area contributed by atoms with E-state index in [1.165, 1.54) is 6.92 Å². The molecule has 1 N–H and O–H groups in total. The van der Waals surface area contributed by atoms with Gasteiger partial charge in [-0.05, 0) is 23.8 Å². The number of hydrogen-bond acceptors (Lipinski definition) is 4. The number of nitrogens with one attached hydrogen (secondary N) is 1. The highest BCUT2D eigenvalue weighted by molar-refractivity contribution is 6.02. The van der Waals surface area contributed by atoms with Crippen LogP contribution in [0.15, 0.2) is 42.5 Å². The van der Waals surface area contributed by atoms with Crippen LogP contribution in [-0.2, 0) is 22.6 Å². The second-order valence-electron chi connectivity index (χ2n) is 6.13. The Morgan fingerprint density at radius 1 is 1.15 bits per heavy atom. The number of benzene rings is 2. The molecule has 0 spiro atoms. The van der Waals surface area contributed by atoms with E-state index in [0.29, 0.717) is 24.5 Å². The smallest absolute Gasteiger partial charge is 0.243 e. The summed E-state index contributed by atoms with van der Waals surface area (Å²) in [6.07, 6.45) is 0.515. The summed E-state index contributed by atoms with van der Waals surface area (Å²) in [6.45, 7) is 1.79. The maximum atomic E-state index is 12.8. The summed E-state index contributed by atoms with van der Waals surface area (Å²) >= 11 is 0. The molecular formula is C20H22N2O4. The predicted octanol–water partition coefficient (Wildman–Crippen LogP) is 2.30. The van der Waals surface area contributed by atoms with Crippen LogP contribution in [0.2, 0.25) is 0 Å². The molecule has 2 aromatic rings. The number of rotatable bonds is 5. The van der Waals surface area contributed by atoms with Crippen LogP contribution in [0, 0.1) is 0 Å². The third-order valence-electron chi connectivity index (χ3n) is 4.57. The number of anilines is 1. The molecule has 0 aromatic heterocycles. The van der Waals surface area contributed by atoms with E-state index in [9.17, 15) is 9.59 Å². The molecule has 1 aliphatic heterocycles. The number of para-hydroxylation sites is 1. The zero-order valence-electron chi connectivity index (χ0n) is 15.1.